The molecule has 0 saturated heterocycles. The van der Waals surface area contributed by atoms with E-state index < -0.39 is 11.6 Å². The predicted octanol–water partition coefficient (Wildman–Crippen LogP) is 3.93. The summed E-state index contributed by atoms with van der Waals surface area (Å²) >= 11 is 4.47. The molecular weight excluding hydrogens is 286 g/mol. The smallest absolute Gasteiger partial charge is 0.188 e. The van der Waals surface area contributed by atoms with Gasteiger partial charge in [-0.1, -0.05) is 0 Å². The molecule has 0 amide bonds. The van der Waals surface area contributed by atoms with Crippen molar-refractivity contribution in [2.45, 2.75) is 0 Å². The van der Waals surface area contributed by atoms with E-state index in [-0.39, 0.29) is 5.69 Å². The lowest BCUT2D eigenvalue weighted by Crippen LogP contribution is -1.93. The van der Waals surface area contributed by atoms with Crippen LogP contribution in [0.2, 0.25) is 0 Å². The van der Waals surface area contributed by atoms with Gasteiger partial charge in [0.2, 0.25) is 0 Å². The molecule has 0 fully saturated rings. The zero-order chi connectivity index (χ0) is 10.8. The van der Waals surface area contributed by atoms with Gasteiger partial charge >= 0.3 is 0 Å². The first kappa shape index (κ1) is 10.5. The molecule has 1 aromatic carbocycles. The summed E-state index contributed by atoms with van der Waals surface area (Å²) in [5, 5.41) is 4.95. The number of hydrogen-bond donors (Lipinski definition) is 1. The van der Waals surface area contributed by atoms with E-state index in [0.29, 0.717) is 9.73 Å². The number of hydrogen-bond acceptors (Lipinski definition) is 3. The highest BCUT2D eigenvalue weighted by molar-refractivity contribution is 9.10. The van der Waals surface area contributed by atoms with E-state index in [4.69, 9.17) is 0 Å². The second kappa shape index (κ2) is 4.24. The Morgan fingerprint density at radius 3 is 2.80 bits per heavy atom. The van der Waals surface area contributed by atoms with Crippen LogP contribution < -0.4 is 5.32 Å². The topological polar surface area (TPSA) is 24.9 Å². The summed E-state index contributed by atoms with van der Waals surface area (Å²) in [6.07, 6.45) is 0. The van der Waals surface area contributed by atoms with Gasteiger partial charge in [0.1, 0.15) is 16.2 Å². The Labute approximate surface area is 97.1 Å². The maximum Gasteiger partial charge on any atom is 0.188 e. The van der Waals surface area contributed by atoms with Crippen LogP contribution in [0.15, 0.2) is 28.2 Å². The van der Waals surface area contributed by atoms with Gasteiger partial charge in [-0.15, -0.1) is 11.3 Å². The SMILES string of the molecule is Fc1ccc(F)c(Nc2nc(Br)cs2)c1. The van der Waals surface area contributed by atoms with Crippen molar-refractivity contribution >= 4 is 38.1 Å². The van der Waals surface area contributed by atoms with Crippen LogP contribution in [0.3, 0.4) is 0 Å². The third-order valence-corrected chi connectivity index (χ3v) is 3.11. The molecule has 0 unspecified atom stereocenters. The van der Waals surface area contributed by atoms with Crippen molar-refractivity contribution in [3.8, 4) is 0 Å². The van der Waals surface area contributed by atoms with Gasteiger partial charge in [-0.3, -0.25) is 0 Å². The van der Waals surface area contributed by atoms with E-state index in [2.05, 4.69) is 26.2 Å². The molecule has 78 valence electrons. The van der Waals surface area contributed by atoms with Gasteiger partial charge in [0.15, 0.2) is 5.13 Å². The summed E-state index contributed by atoms with van der Waals surface area (Å²) in [4.78, 5) is 4.01. The quantitative estimate of drug-likeness (QED) is 0.907. The van der Waals surface area contributed by atoms with Crippen LogP contribution in [-0.4, -0.2) is 4.98 Å². The maximum absolute atomic E-state index is 13.2. The number of rotatable bonds is 2. The van der Waals surface area contributed by atoms with Crippen molar-refractivity contribution in [2.24, 2.45) is 0 Å². The standard InChI is InChI=1S/C9H5BrF2N2S/c10-8-4-15-9(14-8)13-7-3-5(11)1-2-6(7)12/h1-4H,(H,13,14). The third kappa shape index (κ3) is 2.51. The van der Waals surface area contributed by atoms with E-state index in [0.717, 1.165) is 18.2 Å². The summed E-state index contributed by atoms with van der Waals surface area (Å²) in [7, 11) is 0. The van der Waals surface area contributed by atoms with Crippen LogP contribution >= 0.6 is 27.3 Å². The summed E-state index contributed by atoms with van der Waals surface area (Å²) < 4.78 is 26.7. The molecule has 1 N–H and O–H groups in total. The van der Waals surface area contributed by atoms with Crippen LogP contribution in [0.5, 0.6) is 0 Å². The number of halogens is 3. The predicted molar refractivity (Wildman–Crippen MR) is 59.5 cm³/mol. The first-order valence-corrected chi connectivity index (χ1v) is 5.65. The lowest BCUT2D eigenvalue weighted by atomic mass is 10.3. The molecule has 0 saturated carbocycles. The first-order valence-electron chi connectivity index (χ1n) is 3.98. The molecule has 0 aliphatic carbocycles. The molecule has 2 rings (SSSR count). The number of nitrogens with zero attached hydrogens (tertiary/aromatic N) is 1. The number of aromatic nitrogens is 1. The van der Waals surface area contributed by atoms with Crippen LogP contribution in [0.1, 0.15) is 0 Å². The fraction of sp³-hybridized carbons (Fsp3) is 0. The molecule has 0 atom stereocenters. The van der Waals surface area contributed by atoms with Gasteiger partial charge in [0.05, 0.1) is 5.69 Å². The minimum absolute atomic E-state index is 0.0804. The molecule has 2 aromatic rings. The zero-order valence-corrected chi connectivity index (χ0v) is 9.70. The number of anilines is 2. The van der Waals surface area contributed by atoms with Crippen molar-refractivity contribution in [3.05, 3.63) is 39.8 Å². The summed E-state index contributed by atoms with van der Waals surface area (Å²) in [6.45, 7) is 0. The Morgan fingerprint density at radius 1 is 1.33 bits per heavy atom. The maximum atomic E-state index is 13.2. The van der Waals surface area contributed by atoms with Crippen LogP contribution in [-0.2, 0) is 0 Å². The molecule has 1 aromatic heterocycles. The molecule has 0 radical (unpaired) electrons. The van der Waals surface area contributed by atoms with Crippen LogP contribution in [0.25, 0.3) is 0 Å². The molecule has 2 nitrogen and oxygen atoms in total. The Hall–Kier alpha value is -1.01. The van der Waals surface area contributed by atoms with E-state index in [1.54, 1.807) is 5.38 Å². The van der Waals surface area contributed by atoms with E-state index in [9.17, 15) is 8.78 Å². The molecule has 0 spiro atoms. The highest BCUT2D eigenvalue weighted by Gasteiger charge is 2.06. The van der Waals surface area contributed by atoms with E-state index in [1.807, 2.05) is 0 Å². The molecular formula is C9H5BrF2N2S. The normalized spacial score (nSPS) is 10.3. The molecule has 15 heavy (non-hydrogen) atoms. The summed E-state index contributed by atoms with van der Waals surface area (Å²) in [6, 6.07) is 3.23. The minimum Gasteiger partial charge on any atom is -0.329 e. The summed E-state index contributed by atoms with van der Waals surface area (Å²) in [5.74, 6) is -1.00. The van der Waals surface area contributed by atoms with Crippen molar-refractivity contribution in [3.63, 3.8) is 0 Å². The average molecular weight is 291 g/mol. The van der Waals surface area contributed by atoms with Gasteiger partial charge in [-0.05, 0) is 28.1 Å². The fourth-order valence-electron chi connectivity index (χ4n) is 1.02. The Kier molecular flexibility index (Phi) is 2.97. The lowest BCUT2D eigenvalue weighted by molar-refractivity contribution is 0.603. The largest absolute Gasteiger partial charge is 0.329 e. The van der Waals surface area contributed by atoms with Crippen LogP contribution in [0.4, 0.5) is 19.6 Å². The second-order valence-electron chi connectivity index (χ2n) is 2.72. The number of nitrogens with one attached hydrogen (secondary N) is 1. The van der Waals surface area contributed by atoms with Gasteiger partial charge in [-0.2, -0.15) is 0 Å². The fourth-order valence-corrected chi connectivity index (χ4v) is 2.18. The monoisotopic (exact) mass is 290 g/mol. The number of thiazole rings is 1. The summed E-state index contributed by atoms with van der Waals surface area (Å²) in [5.41, 5.74) is 0.0804. The first-order chi connectivity index (χ1) is 7.15. The highest BCUT2D eigenvalue weighted by Crippen LogP contribution is 2.25. The molecule has 0 aliphatic rings. The Bertz CT molecular complexity index is 487. The average Bonchev–Trinajstić information content (AvgIpc) is 2.58. The molecule has 0 bridgehead atoms. The van der Waals surface area contributed by atoms with Crippen molar-refractivity contribution in [1.29, 1.82) is 0 Å². The van der Waals surface area contributed by atoms with Crippen LogP contribution in [0, 0.1) is 11.6 Å². The lowest BCUT2D eigenvalue weighted by Gasteiger charge is -2.03. The van der Waals surface area contributed by atoms with Crippen molar-refractivity contribution in [2.75, 3.05) is 5.32 Å². The van der Waals surface area contributed by atoms with E-state index in [1.165, 1.54) is 11.3 Å². The Morgan fingerprint density at radius 2 is 2.13 bits per heavy atom. The van der Waals surface area contributed by atoms with E-state index >= 15 is 0 Å². The van der Waals surface area contributed by atoms with Crippen molar-refractivity contribution in [1.82, 2.24) is 4.98 Å². The second-order valence-corrected chi connectivity index (χ2v) is 4.40. The van der Waals surface area contributed by atoms with Gasteiger partial charge in [0, 0.05) is 11.4 Å². The van der Waals surface area contributed by atoms with Gasteiger partial charge in [0.25, 0.3) is 0 Å². The Balaban J connectivity index is 2.27. The molecule has 0 aliphatic heterocycles. The number of benzene rings is 1. The van der Waals surface area contributed by atoms with Gasteiger partial charge < -0.3 is 5.32 Å². The molecule has 6 heteroatoms. The molecule has 1 heterocycles. The van der Waals surface area contributed by atoms with Crippen molar-refractivity contribution < 1.29 is 8.78 Å². The highest BCUT2D eigenvalue weighted by atomic mass is 79.9. The van der Waals surface area contributed by atoms with Gasteiger partial charge in [-0.25, -0.2) is 13.8 Å². The zero-order valence-electron chi connectivity index (χ0n) is 7.30. The third-order valence-electron chi connectivity index (χ3n) is 1.65. The minimum atomic E-state index is -0.511.